The summed E-state index contributed by atoms with van der Waals surface area (Å²) < 4.78 is 5.19. The third-order valence-corrected chi connectivity index (χ3v) is 5.95. The summed E-state index contributed by atoms with van der Waals surface area (Å²) in [6.07, 6.45) is 3.99. The zero-order chi connectivity index (χ0) is 26.3. The van der Waals surface area contributed by atoms with Gasteiger partial charge in [-0.3, -0.25) is 0 Å². The molecule has 1 heterocycles. The van der Waals surface area contributed by atoms with Crippen molar-refractivity contribution < 1.29 is 19.1 Å². The van der Waals surface area contributed by atoms with Crippen molar-refractivity contribution in [1.82, 2.24) is 0 Å². The maximum Gasteiger partial charge on any atom is 0.430 e. The zero-order valence-corrected chi connectivity index (χ0v) is 20.1. The Morgan fingerprint density at radius 1 is 0.579 bits per heavy atom. The number of amides is 1. The summed E-state index contributed by atoms with van der Waals surface area (Å²) in [5, 5.41) is 0. The van der Waals surface area contributed by atoms with E-state index < -0.39 is 6.09 Å². The summed E-state index contributed by atoms with van der Waals surface area (Å²) in [4.78, 5) is 46.0. The van der Waals surface area contributed by atoms with Gasteiger partial charge in [0, 0.05) is 0 Å². The minimum atomic E-state index is -0.484. The van der Waals surface area contributed by atoms with Gasteiger partial charge < -0.3 is 4.74 Å². The lowest BCUT2D eigenvalue weighted by Gasteiger charge is -2.30. The number of aliphatic imine (C=N–C) groups is 3. The van der Waals surface area contributed by atoms with E-state index in [1.807, 2.05) is 72.8 Å². The highest BCUT2D eigenvalue weighted by Gasteiger charge is 2.37. The molecule has 0 atom stereocenters. The van der Waals surface area contributed by atoms with E-state index in [1.165, 1.54) is 17.1 Å². The number of hydrogen-bond donors (Lipinski definition) is 0. The lowest BCUT2D eigenvalue weighted by molar-refractivity contribution is 0.189. The highest BCUT2D eigenvalue weighted by molar-refractivity contribution is 6.23. The Labute approximate surface area is 218 Å². The fraction of sp³-hybridized carbons (Fsp3) is 0.0667. The van der Waals surface area contributed by atoms with Crippen molar-refractivity contribution in [3.63, 3.8) is 0 Å². The molecular formula is C30H20N4O4. The van der Waals surface area contributed by atoms with Crippen molar-refractivity contribution in [3.05, 3.63) is 119 Å². The molecule has 4 aromatic carbocycles. The molecule has 1 amide bonds. The van der Waals surface area contributed by atoms with Crippen molar-refractivity contribution in [3.8, 4) is 0 Å². The first kappa shape index (κ1) is 24.3. The fourth-order valence-corrected chi connectivity index (χ4v) is 4.01. The molecule has 0 bridgehead atoms. The van der Waals surface area contributed by atoms with Crippen LogP contribution in [0.1, 0.15) is 22.3 Å². The number of carbonyl (C=O) groups is 1. The minimum absolute atomic E-state index is 0.216. The first-order valence-corrected chi connectivity index (χ1v) is 11.7. The van der Waals surface area contributed by atoms with Gasteiger partial charge in [0.2, 0.25) is 12.2 Å². The maximum absolute atomic E-state index is 12.2. The molecule has 0 unspecified atom stereocenters. The van der Waals surface area contributed by atoms with Crippen LogP contribution in [0.25, 0.3) is 0 Å². The van der Waals surface area contributed by atoms with E-state index >= 15 is 0 Å². The molecule has 8 nitrogen and oxygen atoms in total. The van der Waals surface area contributed by atoms with E-state index in [-0.39, 0.29) is 6.02 Å². The van der Waals surface area contributed by atoms with Gasteiger partial charge in [0.1, 0.15) is 0 Å². The van der Waals surface area contributed by atoms with Gasteiger partial charge in [0.25, 0.3) is 0 Å². The largest absolute Gasteiger partial charge is 0.430 e. The van der Waals surface area contributed by atoms with Gasteiger partial charge in [-0.25, -0.2) is 14.4 Å². The Hall–Kier alpha value is -5.42. The van der Waals surface area contributed by atoms with Crippen LogP contribution in [0.2, 0.25) is 0 Å². The van der Waals surface area contributed by atoms with Gasteiger partial charge in [-0.1, -0.05) is 48.5 Å². The summed E-state index contributed by atoms with van der Waals surface area (Å²) in [6.45, 7) is 0. The Bertz CT molecular complexity index is 1580. The number of carbonyl (C=O) groups excluding carboxylic acids is 3. The van der Waals surface area contributed by atoms with E-state index in [0.717, 1.165) is 22.3 Å². The summed E-state index contributed by atoms with van der Waals surface area (Å²) in [7, 11) is 0. The molecule has 184 valence electrons. The highest BCUT2D eigenvalue weighted by Crippen LogP contribution is 2.27. The topological polar surface area (TPSA) is 101 Å². The van der Waals surface area contributed by atoms with E-state index in [9.17, 15) is 14.4 Å². The number of benzene rings is 4. The number of ether oxygens (including phenoxy) is 1. The van der Waals surface area contributed by atoms with Crippen molar-refractivity contribution >= 4 is 47.0 Å². The quantitative estimate of drug-likeness (QED) is 0.205. The van der Waals surface area contributed by atoms with Crippen molar-refractivity contribution in [2.75, 3.05) is 4.90 Å². The minimum Gasteiger partial charge on any atom is -0.374 e. The monoisotopic (exact) mass is 500 g/mol. The molecular weight excluding hydrogens is 480 g/mol. The van der Waals surface area contributed by atoms with Crippen LogP contribution >= 0.6 is 0 Å². The van der Waals surface area contributed by atoms with Crippen LogP contribution in [-0.2, 0) is 27.2 Å². The van der Waals surface area contributed by atoms with Crippen LogP contribution in [0, 0.1) is 0 Å². The SMILES string of the molecule is O=C=Nc1ccc(Cc2ccc(N=C3OC(=O)N3c3ccc(Cc4ccc(N=C=O)cc4)cc3)cc2)cc1. The van der Waals surface area contributed by atoms with Crippen LogP contribution in [0.15, 0.2) is 112 Å². The standard InChI is InChI=1S/C30H20N4O4/c35-19-31-25-9-1-21(2-10-25)17-23-5-13-27(14-6-23)33-29-34(30(37)38-29)28-15-7-24(8-16-28)18-22-3-11-26(12-4-22)32-20-36/h1-16H,17-18H2. The molecule has 0 N–H and O–H groups in total. The molecule has 0 saturated carbocycles. The second kappa shape index (κ2) is 11.1. The highest BCUT2D eigenvalue weighted by atomic mass is 16.6. The molecule has 8 heteroatoms. The van der Waals surface area contributed by atoms with Crippen molar-refractivity contribution in [1.29, 1.82) is 0 Å². The Morgan fingerprint density at radius 2 is 0.974 bits per heavy atom. The molecule has 0 spiro atoms. The predicted octanol–water partition coefficient (Wildman–Crippen LogP) is 6.45. The van der Waals surface area contributed by atoms with Gasteiger partial charge in [-0.2, -0.15) is 19.9 Å². The normalized spacial score (nSPS) is 13.2. The fourth-order valence-electron chi connectivity index (χ4n) is 4.01. The number of anilines is 1. The van der Waals surface area contributed by atoms with E-state index in [1.54, 1.807) is 24.3 Å². The molecule has 1 aliphatic rings. The summed E-state index contributed by atoms with van der Waals surface area (Å²) >= 11 is 0. The van der Waals surface area contributed by atoms with Crippen LogP contribution in [0.4, 0.5) is 27.5 Å². The van der Waals surface area contributed by atoms with Gasteiger partial charge in [0.15, 0.2) is 0 Å². The molecule has 38 heavy (non-hydrogen) atoms. The number of isocyanates is 2. The molecule has 0 radical (unpaired) electrons. The smallest absolute Gasteiger partial charge is 0.374 e. The third kappa shape index (κ3) is 5.69. The molecule has 5 rings (SSSR count). The Morgan fingerprint density at radius 3 is 1.37 bits per heavy atom. The van der Waals surface area contributed by atoms with Crippen LogP contribution in [0.3, 0.4) is 0 Å². The van der Waals surface area contributed by atoms with E-state index in [0.29, 0.717) is 35.6 Å². The summed E-state index contributed by atoms with van der Waals surface area (Å²) in [6, 6.07) is 30.2. The number of cyclic esters (lactones) is 1. The lowest BCUT2D eigenvalue weighted by atomic mass is 10.0. The second-order valence-corrected chi connectivity index (χ2v) is 8.52. The number of rotatable bonds is 8. The summed E-state index contributed by atoms with van der Waals surface area (Å²) in [5.74, 6) is 0. The lowest BCUT2D eigenvalue weighted by Crippen LogP contribution is -2.51. The van der Waals surface area contributed by atoms with E-state index in [4.69, 9.17) is 4.74 Å². The van der Waals surface area contributed by atoms with Gasteiger partial charge >= 0.3 is 12.1 Å². The number of amidine groups is 1. The molecule has 1 fully saturated rings. The second-order valence-electron chi connectivity index (χ2n) is 8.52. The van der Waals surface area contributed by atoms with Gasteiger partial charge in [0.05, 0.1) is 22.7 Å². The van der Waals surface area contributed by atoms with Crippen molar-refractivity contribution in [2.45, 2.75) is 12.8 Å². The van der Waals surface area contributed by atoms with E-state index in [2.05, 4.69) is 15.0 Å². The summed E-state index contributed by atoms with van der Waals surface area (Å²) in [5.41, 5.74) is 6.77. The first-order valence-electron chi connectivity index (χ1n) is 11.7. The average Bonchev–Trinajstić information content (AvgIpc) is 2.93. The predicted molar refractivity (Wildman–Crippen MR) is 143 cm³/mol. The average molecular weight is 501 g/mol. The first-order chi connectivity index (χ1) is 18.6. The third-order valence-electron chi connectivity index (χ3n) is 5.95. The van der Waals surface area contributed by atoms with Crippen LogP contribution in [0.5, 0.6) is 0 Å². The molecule has 1 saturated heterocycles. The Balaban J connectivity index is 1.23. The molecule has 0 aliphatic carbocycles. The van der Waals surface area contributed by atoms with Gasteiger partial charge in [-0.15, -0.1) is 0 Å². The van der Waals surface area contributed by atoms with Gasteiger partial charge in [-0.05, 0) is 83.6 Å². The maximum atomic E-state index is 12.2. The number of hydrogen-bond acceptors (Lipinski definition) is 7. The number of nitrogens with zero attached hydrogens (tertiary/aromatic N) is 4. The van der Waals surface area contributed by atoms with Crippen molar-refractivity contribution in [2.24, 2.45) is 15.0 Å². The zero-order valence-electron chi connectivity index (χ0n) is 20.1. The molecule has 4 aromatic rings. The Kier molecular flexibility index (Phi) is 7.09. The molecule has 1 aliphatic heterocycles. The van der Waals surface area contributed by atoms with Crippen LogP contribution in [-0.4, -0.2) is 24.3 Å². The molecule has 0 aromatic heterocycles. The van der Waals surface area contributed by atoms with Crippen LogP contribution < -0.4 is 4.90 Å².